The third kappa shape index (κ3) is 5.99. The van der Waals surface area contributed by atoms with Gasteiger partial charge in [0.2, 0.25) is 0 Å². The lowest BCUT2D eigenvalue weighted by Crippen LogP contribution is -2.24. The number of aromatic nitrogens is 3. The highest BCUT2D eigenvalue weighted by molar-refractivity contribution is 6.06. The van der Waals surface area contributed by atoms with E-state index in [0.29, 0.717) is 19.6 Å². The van der Waals surface area contributed by atoms with Gasteiger partial charge in [0.15, 0.2) is 6.23 Å². The first-order valence-corrected chi connectivity index (χ1v) is 14.8. The van der Waals surface area contributed by atoms with Gasteiger partial charge in [0.1, 0.15) is 11.4 Å². The summed E-state index contributed by atoms with van der Waals surface area (Å²) in [5, 5.41) is 7.75. The SMILES string of the molecule is CC(C)(C)OC(=O)CCc1nc(C2CCOCC2)c(-c2ccc(F)cc2)c2cc3cnn(C4CCCCO4)c3cc12. The maximum absolute atomic E-state index is 14.0. The minimum atomic E-state index is -0.551. The lowest BCUT2D eigenvalue weighted by Gasteiger charge is -2.26. The molecule has 0 amide bonds. The van der Waals surface area contributed by atoms with E-state index in [-0.39, 0.29) is 30.4 Å². The van der Waals surface area contributed by atoms with E-state index in [1.165, 1.54) is 12.1 Å². The Morgan fingerprint density at radius 2 is 1.83 bits per heavy atom. The second kappa shape index (κ2) is 11.5. The number of rotatable bonds is 6. The Morgan fingerprint density at radius 3 is 2.54 bits per heavy atom. The van der Waals surface area contributed by atoms with Gasteiger partial charge in [0.25, 0.3) is 0 Å². The van der Waals surface area contributed by atoms with Gasteiger partial charge in [0, 0.05) is 54.2 Å². The van der Waals surface area contributed by atoms with Gasteiger partial charge in [-0.05, 0) is 88.1 Å². The average molecular weight is 560 g/mol. The summed E-state index contributed by atoms with van der Waals surface area (Å²) in [6.07, 6.45) is 7.28. The summed E-state index contributed by atoms with van der Waals surface area (Å²) >= 11 is 0. The number of carbonyl (C=O) groups is 1. The van der Waals surface area contributed by atoms with E-state index in [1.807, 2.05) is 43.8 Å². The van der Waals surface area contributed by atoms with Crippen molar-refractivity contribution < 1.29 is 23.4 Å². The van der Waals surface area contributed by atoms with Crippen LogP contribution < -0.4 is 0 Å². The normalized spacial score (nSPS) is 18.7. The second-order valence-corrected chi connectivity index (χ2v) is 12.2. The molecule has 2 saturated heterocycles. The number of nitrogens with zero attached hydrogens (tertiary/aromatic N) is 3. The molecule has 1 unspecified atom stereocenters. The van der Waals surface area contributed by atoms with Gasteiger partial charge in [-0.1, -0.05) is 12.1 Å². The zero-order valence-electron chi connectivity index (χ0n) is 24.1. The molecule has 0 aliphatic carbocycles. The molecule has 6 rings (SSSR count). The van der Waals surface area contributed by atoms with Gasteiger partial charge in [0.05, 0.1) is 23.8 Å². The molecule has 8 heteroatoms. The Labute approximate surface area is 240 Å². The van der Waals surface area contributed by atoms with Crippen LogP contribution in [0.1, 0.15) is 82.8 Å². The highest BCUT2D eigenvalue weighted by Gasteiger charge is 2.27. The lowest BCUT2D eigenvalue weighted by atomic mass is 9.86. The van der Waals surface area contributed by atoms with Gasteiger partial charge in [-0.15, -0.1) is 0 Å². The highest BCUT2D eigenvalue weighted by atomic mass is 19.1. The maximum atomic E-state index is 14.0. The van der Waals surface area contributed by atoms with Crippen LogP contribution in [0.5, 0.6) is 0 Å². The van der Waals surface area contributed by atoms with E-state index < -0.39 is 5.60 Å². The summed E-state index contributed by atoms with van der Waals surface area (Å²) in [4.78, 5) is 18.1. The zero-order valence-corrected chi connectivity index (χ0v) is 24.1. The summed E-state index contributed by atoms with van der Waals surface area (Å²) in [5.41, 5.74) is 4.20. The average Bonchev–Trinajstić information content (AvgIpc) is 3.38. The summed E-state index contributed by atoms with van der Waals surface area (Å²) < 4.78 is 33.4. The van der Waals surface area contributed by atoms with Crippen molar-refractivity contribution in [3.8, 4) is 11.1 Å². The van der Waals surface area contributed by atoms with Gasteiger partial charge in [-0.3, -0.25) is 9.78 Å². The molecule has 1 atom stereocenters. The number of hydrogen-bond donors (Lipinski definition) is 0. The molecule has 7 nitrogen and oxygen atoms in total. The van der Waals surface area contributed by atoms with Crippen molar-refractivity contribution in [3.05, 3.63) is 59.8 Å². The maximum Gasteiger partial charge on any atom is 0.306 e. The van der Waals surface area contributed by atoms with E-state index in [4.69, 9.17) is 24.3 Å². The van der Waals surface area contributed by atoms with E-state index >= 15 is 0 Å². The molecule has 2 aromatic heterocycles. The van der Waals surface area contributed by atoms with Crippen molar-refractivity contribution in [1.29, 1.82) is 0 Å². The molecule has 216 valence electrons. The topological polar surface area (TPSA) is 75.5 Å². The van der Waals surface area contributed by atoms with Crippen LogP contribution in [0.25, 0.3) is 32.8 Å². The van der Waals surface area contributed by atoms with E-state index in [2.05, 4.69) is 12.1 Å². The molecule has 4 heterocycles. The van der Waals surface area contributed by atoms with Crippen LogP contribution in [0.3, 0.4) is 0 Å². The number of pyridine rings is 1. The number of halogens is 1. The predicted molar refractivity (Wildman–Crippen MR) is 156 cm³/mol. The molecule has 41 heavy (non-hydrogen) atoms. The molecule has 0 radical (unpaired) electrons. The van der Waals surface area contributed by atoms with E-state index in [9.17, 15) is 9.18 Å². The second-order valence-electron chi connectivity index (χ2n) is 12.2. The number of carbonyl (C=O) groups excluding carboxylic acids is 1. The fourth-order valence-electron chi connectivity index (χ4n) is 6.07. The summed E-state index contributed by atoms with van der Waals surface area (Å²) in [6, 6.07) is 11.0. The number of ether oxygens (including phenoxy) is 3. The van der Waals surface area contributed by atoms with Crippen LogP contribution in [0.4, 0.5) is 4.39 Å². The molecular weight excluding hydrogens is 521 g/mol. The number of hydrogen-bond acceptors (Lipinski definition) is 6. The third-order valence-corrected chi connectivity index (χ3v) is 7.98. The monoisotopic (exact) mass is 559 g/mol. The minimum absolute atomic E-state index is 0.102. The van der Waals surface area contributed by atoms with Crippen molar-refractivity contribution >= 4 is 27.6 Å². The molecule has 0 N–H and O–H groups in total. The third-order valence-electron chi connectivity index (χ3n) is 7.98. The molecule has 2 aliphatic heterocycles. The molecule has 0 spiro atoms. The van der Waals surface area contributed by atoms with Crippen LogP contribution in [0.15, 0.2) is 42.6 Å². The fourth-order valence-corrected chi connectivity index (χ4v) is 6.07. The lowest BCUT2D eigenvalue weighted by molar-refractivity contribution is -0.154. The summed E-state index contributed by atoms with van der Waals surface area (Å²) in [7, 11) is 0. The van der Waals surface area contributed by atoms with Crippen LogP contribution >= 0.6 is 0 Å². The van der Waals surface area contributed by atoms with Crippen molar-refractivity contribution in [3.63, 3.8) is 0 Å². The van der Waals surface area contributed by atoms with Crippen molar-refractivity contribution in [2.24, 2.45) is 0 Å². The zero-order chi connectivity index (χ0) is 28.6. The largest absolute Gasteiger partial charge is 0.460 e. The van der Waals surface area contributed by atoms with Crippen LogP contribution in [-0.2, 0) is 25.4 Å². The first-order valence-electron chi connectivity index (χ1n) is 14.8. The Hall–Kier alpha value is -3.36. The molecule has 2 aromatic carbocycles. The standard InChI is InChI=1S/C33H38FN3O4/c1-33(2,3)41-30(38)12-11-27-25-19-28-23(20-35-37(28)29-6-4-5-15-40-29)18-26(25)31(21-7-9-24(34)10-8-21)32(36-27)22-13-16-39-17-14-22/h7-10,18-20,22,29H,4-6,11-17H2,1-3H3. The van der Waals surface area contributed by atoms with Crippen molar-refractivity contribution in [2.75, 3.05) is 19.8 Å². The summed E-state index contributed by atoms with van der Waals surface area (Å²) in [5.74, 6) is -0.323. The quantitative estimate of drug-likeness (QED) is 0.232. The van der Waals surface area contributed by atoms with E-state index in [0.717, 1.165) is 82.9 Å². The van der Waals surface area contributed by atoms with E-state index in [1.54, 1.807) is 0 Å². The smallest absolute Gasteiger partial charge is 0.306 e. The Kier molecular flexibility index (Phi) is 7.79. The summed E-state index contributed by atoms with van der Waals surface area (Å²) in [6.45, 7) is 7.71. The number of esters is 1. The Morgan fingerprint density at radius 1 is 1.05 bits per heavy atom. The number of benzene rings is 2. The molecule has 0 bridgehead atoms. The Balaban J connectivity index is 1.55. The highest BCUT2D eigenvalue weighted by Crippen LogP contribution is 2.41. The van der Waals surface area contributed by atoms with Crippen LogP contribution in [0, 0.1) is 5.82 Å². The molecule has 0 saturated carbocycles. The minimum Gasteiger partial charge on any atom is -0.460 e. The fraction of sp³-hybridized carbons (Fsp3) is 0.485. The van der Waals surface area contributed by atoms with Gasteiger partial charge >= 0.3 is 5.97 Å². The predicted octanol–water partition coefficient (Wildman–Crippen LogP) is 7.26. The van der Waals surface area contributed by atoms with Gasteiger partial charge in [-0.25, -0.2) is 9.07 Å². The molecule has 2 aliphatic rings. The van der Waals surface area contributed by atoms with Crippen LogP contribution in [0.2, 0.25) is 0 Å². The molecule has 2 fully saturated rings. The number of aryl methyl sites for hydroxylation is 1. The van der Waals surface area contributed by atoms with Crippen molar-refractivity contribution in [1.82, 2.24) is 14.8 Å². The number of fused-ring (bicyclic) bond motifs is 2. The molecule has 4 aromatic rings. The van der Waals surface area contributed by atoms with Crippen molar-refractivity contribution in [2.45, 2.75) is 83.5 Å². The van der Waals surface area contributed by atoms with Gasteiger partial charge < -0.3 is 14.2 Å². The first kappa shape index (κ1) is 27.8. The van der Waals surface area contributed by atoms with Crippen LogP contribution in [-0.4, -0.2) is 46.2 Å². The Bertz CT molecular complexity index is 1550. The first-order chi connectivity index (χ1) is 19.8. The van der Waals surface area contributed by atoms with Gasteiger partial charge in [-0.2, -0.15) is 5.10 Å². The molecular formula is C33H38FN3O4.